The minimum absolute atomic E-state index is 0.309. The molecule has 16 heavy (non-hydrogen) atoms. The van der Waals surface area contributed by atoms with Crippen LogP contribution in [0.2, 0.25) is 0 Å². The van der Waals surface area contributed by atoms with E-state index in [1.165, 1.54) is 0 Å². The molecule has 0 aliphatic heterocycles. The van der Waals surface area contributed by atoms with Crippen molar-refractivity contribution in [1.82, 2.24) is 5.32 Å². The third-order valence-corrected chi connectivity index (χ3v) is 2.22. The summed E-state index contributed by atoms with van der Waals surface area (Å²) in [7, 11) is 0. The molecule has 0 unspecified atom stereocenters. The van der Waals surface area contributed by atoms with E-state index in [2.05, 4.69) is 12.2 Å². The van der Waals surface area contributed by atoms with E-state index in [1.807, 2.05) is 36.4 Å². The molecule has 0 atom stereocenters. The Morgan fingerprint density at radius 3 is 2.75 bits per heavy atom. The monoisotopic (exact) mass is 214 g/mol. The molecule has 0 aliphatic rings. The van der Waals surface area contributed by atoms with Gasteiger partial charge in [-0.3, -0.25) is 0 Å². The van der Waals surface area contributed by atoms with Crippen LogP contribution in [-0.2, 0) is 0 Å². The number of nitrogens with one attached hydrogen (secondary N) is 1. The lowest BCUT2D eigenvalue weighted by Crippen LogP contribution is -2.26. The molecule has 2 rings (SSSR count). The molecule has 0 saturated carbocycles. The van der Waals surface area contributed by atoms with Gasteiger partial charge in [0.15, 0.2) is 0 Å². The summed E-state index contributed by atoms with van der Waals surface area (Å²) in [4.78, 5) is 11.3. The van der Waals surface area contributed by atoms with Crippen LogP contribution in [0.4, 0.5) is 4.79 Å². The smallest absolute Gasteiger partial charge is 0.410 e. The van der Waals surface area contributed by atoms with Crippen molar-refractivity contribution in [2.45, 2.75) is 0 Å². The summed E-state index contributed by atoms with van der Waals surface area (Å²) in [6, 6.07) is 13.3. The van der Waals surface area contributed by atoms with E-state index >= 15 is 0 Å². The van der Waals surface area contributed by atoms with Gasteiger partial charge in [-0.25, -0.2) is 4.79 Å². The predicted octanol–water partition coefficient (Wildman–Crippen LogP) is 2.76. The molecule has 1 amide bonds. The Kier molecular flexibility index (Phi) is 3.05. The fourth-order valence-electron chi connectivity index (χ4n) is 1.52. The fraction of sp³-hybridized carbons (Fsp3) is 0.0769. The lowest BCUT2D eigenvalue weighted by atomic mass is 10.1. The predicted molar refractivity (Wildman–Crippen MR) is 63.3 cm³/mol. The first-order chi connectivity index (χ1) is 7.81. The summed E-state index contributed by atoms with van der Waals surface area (Å²) in [5, 5.41) is 4.45. The Morgan fingerprint density at radius 1 is 1.19 bits per heavy atom. The van der Waals surface area contributed by atoms with Crippen LogP contribution in [0.5, 0.6) is 5.75 Å². The average Bonchev–Trinajstić information content (AvgIpc) is 2.30. The van der Waals surface area contributed by atoms with Crippen molar-refractivity contribution in [3.8, 4) is 5.75 Å². The summed E-state index contributed by atoms with van der Waals surface area (Å²) >= 11 is 0. The lowest BCUT2D eigenvalue weighted by molar-refractivity contribution is 0.202. The van der Waals surface area contributed by atoms with Crippen LogP contribution in [0.25, 0.3) is 10.8 Å². The first-order valence-corrected chi connectivity index (χ1v) is 5.04. The van der Waals surface area contributed by atoms with Gasteiger partial charge in [0, 0.05) is 11.9 Å². The number of carbonyl (C=O) groups is 1. The van der Waals surface area contributed by atoms with Crippen LogP contribution in [0.1, 0.15) is 0 Å². The van der Waals surface area contributed by atoms with Crippen LogP contribution < -0.4 is 10.1 Å². The van der Waals surface area contributed by atoms with Gasteiger partial charge in [-0.1, -0.05) is 36.4 Å². The number of amides is 1. The highest BCUT2D eigenvalue weighted by Gasteiger charge is 2.05. The summed E-state index contributed by atoms with van der Waals surface area (Å²) in [6.07, 6.45) is -0.480. The van der Waals surface area contributed by atoms with E-state index in [4.69, 9.17) is 4.74 Å². The molecule has 3 nitrogen and oxygen atoms in total. The summed E-state index contributed by atoms with van der Waals surface area (Å²) in [6.45, 7) is 3.83. The van der Waals surface area contributed by atoms with Gasteiger partial charge in [-0.05, 0) is 18.4 Å². The number of hydrogen-bond acceptors (Lipinski definition) is 2. The van der Waals surface area contributed by atoms with Crippen LogP contribution in [0, 0.1) is 6.92 Å². The van der Waals surface area contributed by atoms with Crippen molar-refractivity contribution in [3.63, 3.8) is 0 Å². The van der Waals surface area contributed by atoms with E-state index in [0.29, 0.717) is 12.3 Å². The summed E-state index contributed by atoms with van der Waals surface area (Å²) in [5.41, 5.74) is 0. The van der Waals surface area contributed by atoms with E-state index in [1.54, 1.807) is 6.07 Å². The first-order valence-electron chi connectivity index (χ1n) is 5.04. The van der Waals surface area contributed by atoms with Crippen LogP contribution in [-0.4, -0.2) is 12.6 Å². The van der Waals surface area contributed by atoms with Gasteiger partial charge in [0.1, 0.15) is 5.75 Å². The van der Waals surface area contributed by atoms with Crippen LogP contribution in [0.15, 0.2) is 42.5 Å². The van der Waals surface area contributed by atoms with Crippen molar-refractivity contribution in [1.29, 1.82) is 0 Å². The number of fused-ring (bicyclic) bond motifs is 1. The molecule has 0 fully saturated rings. The maximum absolute atomic E-state index is 11.3. The maximum Gasteiger partial charge on any atom is 0.412 e. The van der Waals surface area contributed by atoms with Crippen molar-refractivity contribution < 1.29 is 9.53 Å². The molecule has 0 aliphatic carbocycles. The third kappa shape index (κ3) is 2.14. The molecular weight excluding hydrogens is 202 g/mol. The van der Waals surface area contributed by atoms with E-state index < -0.39 is 6.09 Å². The molecule has 1 N–H and O–H groups in total. The highest BCUT2D eigenvalue weighted by molar-refractivity contribution is 5.90. The Hall–Kier alpha value is -2.03. The normalized spacial score (nSPS) is 10.1. The Balaban J connectivity index is 2.33. The average molecular weight is 214 g/mol. The second kappa shape index (κ2) is 4.66. The topological polar surface area (TPSA) is 38.3 Å². The lowest BCUT2D eigenvalue weighted by Gasteiger charge is -2.07. The van der Waals surface area contributed by atoms with Crippen LogP contribution >= 0.6 is 0 Å². The van der Waals surface area contributed by atoms with Crippen LogP contribution in [0.3, 0.4) is 0 Å². The van der Waals surface area contributed by atoms with Gasteiger partial charge in [-0.15, -0.1) is 0 Å². The standard InChI is InChI=1S/C13H12NO2/c1-2-14-13(15)16-12-9-5-7-10-6-3-4-8-11(10)12/h3-9H,1-2H2,(H,14,15). The quantitative estimate of drug-likeness (QED) is 0.834. The molecule has 1 radical (unpaired) electrons. The number of benzene rings is 2. The van der Waals surface area contributed by atoms with E-state index in [0.717, 1.165) is 10.8 Å². The SMILES string of the molecule is [CH2]CNC(=O)Oc1cccc2ccccc12. The number of carbonyl (C=O) groups excluding carboxylic acids is 1. The van der Waals surface area contributed by atoms with Gasteiger partial charge in [0.05, 0.1) is 0 Å². The van der Waals surface area contributed by atoms with Gasteiger partial charge in [-0.2, -0.15) is 0 Å². The third-order valence-electron chi connectivity index (χ3n) is 2.22. The Bertz CT molecular complexity index is 503. The van der Waals surface area contributed by atoms with Crippen molar-refractivity contribution in [2.24, 2.45) is 0 Å². The maximum atomic E-state index is 11.3. The molecule has 3 heteroatoms. The number of ether oxygens (including phenoxy) is 1. The summed E-state index contributed by atoms with van der Waals surface area (Å²) < 4.78 is 5.18. The van der Waals surface area contributed by atoms with Gasteiger partial charge in [0.25, 0.3) is 0 Å². The second-order valence-electron chi connectivity index (χ2n) is 3.29. The molecule has 2 aromatic rings. The second-order valence-corrected chi connectivity index (χ2v) is 3.29. The molecule has 81 valence electrons. The minimum atomic E-state index is -0.480. The Morgan fingerprint density at radius 2 is 1.94 bits per heavy atom. The van der Waals surface area contributed by atoms with E-state index in [9.17, 15) is 4.79 Å². The zero-order chi connectivity index (χ0) is 11.4. The van der Waals surface area contributed by atoms with Crippen molar-refractivity contribution in [2.75, 3.05) is 6.54 Å². The molecule has 0 bridgehead atoms. The first kappa shape index (κ1) is 10.5. The van der Waals surface area contributed by atoms with Gasteiger partial charge in [0.2, 0.25) is 0 Å². The van der Waals surface area contributed by atoms with E-state index in [-0.39, 0.29) is 0 Å². The minimum Gasteiger partial charge on any atom is -0.410 e. The van der Waals surface area contributed by atoms with Crippen molar-refractivity contribution >= 4 is 16.9 Å². The van der Waals surface area contributed by atoms with Gasteiger partial charge < -0.3 is 10.1 Å². The molecule has 0 spiro atoms. The largest absolute Gasteiger partial charge is 0.412 e. The van der Waals surface area contributed by atoms with Gasteiger partial charge >= 0.3 is 6.09 Å². The number of hydrogen-bond donors (Lipinski definition) is 1. The molecule has 2 aromatic carbocycles. The Labute approximate surface area is 94.0 Å². The highest BCUT2D eigenvalue weighted by Crippen LogP contribution is 2.24. The molecule has 0 saturated heterocycles. The fourth-order valence-corrected chi connectivity index (χ4v) is 1.52. The highest BCUT2D eigenvalue weighted by atomic mass is 16.6. The van der Waals surface area contributed by atoms with Crippen molar-refractivity contribution in [3.05, 3.63) is 49.4 Å². The zero-order valence-electron chi connectivity index (χ0n) is 8.77. The zero-order valence-corrected chi connectivity index (χ0v) is 8.77. The molecule has 0 heterocycles. The number of rotatable bonds is 2. The summed E-state index contributed by atoms with van der Waals surface area (Å²) in [5.74, 6) is 0.559. The molecule has 0 aromatic heterocycles. The molecular formula is C13H12NO2.